The van der Waals surface area contributed by atoms with Crippen molar-refractivity contribution in [3.63, 3.8) is 0 Å². The lowest BCUT2D eigenvalue weighted by atomic mass is 9.98. The van der Waals surface area contributed by atoms with Crippen LogP contribution in [0.1, 0.15) is 48.0 Å². The van der Waals surface area contributed by atoms with E-state index in [1.165, 1.54) is 11.6 Å². The number of carbonyl (C=O) groups is 1. The summed E-state index contributed by atoms with van der Waals surface area (Å²) in [6, 6.07) is 6.43. The number of H-pyrrole nitrogens is 1. The second-order valence-corrected chi connectivity index (χ2v) is 10.8. The fraction of sp³-hybridized carbons (Fsp3) is 0.379. The van der Waals surface area contributed by atoms with Crippen molar-refractivity contribution < 1.29 is 4.79 Å². The Bertz CT molecular complexity index is 1500. The van der Waals surface area contributed by atoms with Gasteiger partial charge in [0.1, 0.15) is 0 Å². The highest BCUT2D eigenvalue weighted by Crippen LogP contribution is 2.45. The summed E-state index contributed by atoms with van der Waals surface area (Å²) in [6.45, 7) is 11.0. The number of anilines is 1. The number of benzene rings is 1. The van der Waals surface area contributed by atoms with Crippen molar-refractivity contribution in [2.45, 2.75) is 45.1 Å². The number of halogens is 1. The fourth-order valence-electron chi connectivity index (χ4n) is 6.12. The van der Waals surface area contributed by atoms with Gasteiger partial charge in [0, 0.05) is 66.7 Å². The van der Waals surface area contributed by atoms with E-state index in [0.717, 1.165) is 76.5 Å². The molecule has 1 amide bonds. The lowest BCUT2D eigenvalue weighted by Gasteiger charge is -2.32. The molecule has 1 atom stereocenters. The number of aryl methyl sites for hydroxylation is 1. The zero-order valence-electron chi connectivity index (χ0n) is 21.8. The predicted molar refractivity (Wildman–Crippen MR) is 151 cm³/mol. The molecule has 1 unspecified atom stereocenters. The number of amides is 1. The minimum absolute atomic E-state index is 0.00517. The molecule has 8 nitrogen and oxygen atoms in total. The molecule has 1 N–H and O–H groups in total. The van der Waals surface area contributed by atoms with Gasteiger partial charge in [-0.3, -0.25) is 19.6 Å². The van der Waals surface area contributed by atoms with Gasteiger partial charge in [-0.15, -0.1) is 0 Å². The zero-order valence-corrected chi connectivity index (χ0v) is 22.6. The van der Waals surface area contributed by atoms with Crippen LogP contribution in [0.5, 0.6) is 0 Å². The van der Waals surface area contributed by atoms with Crippen molar-refractivity contribution in [1.29, 1.82) is 0 Å². The van der Waals surface area contributed by atoms with E-state index in [1.54, 1.807) is 0 Å². The number of aromatic amines is 1. The van der Waals surface area contributed by atoms with Crippen LogP contribution in [0.3, 0.4) is 0 Å². The Balaban J connectivity index is 1.44. The van der Waals surface area contributed by atoms with Gasteiger partial charge in [0.05, 0.1) is 22.8 Å². The quantitative estimate of drug-likeness (QED) is 0.348. The van der Waals surface area contributed by atoms with Crippen LogP contribution in [-0.4, -0.2) is 61.9 Å². The third-order valence-electron chi connectivity index (χ3n) is 8.19. The summed E-state index contributed by atoms with van der Waals surface area (Å²) in [7, 11) is 0. The summed E-state index contributed by atoms with van der Waals surface area (Å²) in [5.41, 5.74) is 6.37. The molecule has 2 aliphatic rings. The van der Waals surface area contributed by atoms with Gasteiger partial charge >= 0.3 is 0 Å². The van der Waals surface area contributed by atoms with Gasteiger partial charge in [-0.25, -0.2) is 0 Å². The molecule has 2 fully saturated rings. The number of hydrogen-bond acceptors (Lipinski definition) is 5. The molecular weight excluding hydrogens is 498 g/mol. The summed E-state index contributed by atoms with van der Waals surface area (Å²) in [4.78, 5) is 20.8. The number of pyridine rings is 1. The molecule has 0 bridgehead atoms. The number of hydrogen-bond donors (Lipinski definition) is 1. The van der Waals surface area contributed by atoms with E-state index in [2.05, 4.69) is 44.3 Å². The summed E-state index contributed by atoms with van der Waals surface area (Å²) in [5, 5.41) is 14.5. The first-order valence-corrected chi connectivity index (χ1v) is 13.6. The van der Waals surface area contributed by atoms with Gasteiger partial charge in [0.25, 0.3) is 0 Å². The van der Waals surface area contributed by atoms with E-state index in [0.29, 0.717) is 19.0 Å². The smallest absolute Gasteiger partial charge is 0.245 e. The molecule has 196 valence electrons. The highest BCUT2D eigenvalue weighted by molar-refractivity contribution is 6.36. The zero-order chi connectivity index (χ0) is 26.4. The fourth-order valence-corrected chi connectivity index (χ4v) is 6.37. The van der Waals surface area contributed by atoms with Gasteiger partial charge in [-0.05, 0) is 62.4 Å². The Morgan fingerprint density at radius 2 is 1.97 bits per heavy atom. The first kappa shape index (κ1) is 24.7. The predicted octanol–water partition coefficient (Wildman–Crippen LogP) is 5.44. The molecule has 5 heterocycles. The van der Waals surface area contributed by atoms with Gasteiger partial charge in [-0.1, -0.05) is 24.2 Å². The van der Waals surface area contributed by atoms with E-state index in [4.69, 9.17) is 16.7 Å². The maximum atomic E-state index is 12.2. The minimum atomic E-state index is -0.00517. The highest BCUT2D eigenvalue weighted by atomic mass is 35.5. The maximum Gasteiger partial charge on any atom is 0.245 e. The minimum Gasteiger partial charge on any atom is -0.354 e. The van der Waals surface area contributed by atoms with E-state index in [1.807, 2.05) is 42.5 Å². The Morgan fingerprint density at radius 1 is 1.16 bits per heavy atom. The van der Waals surface area contributed by atoms with Crippen molar-refractivity contribution >= 4 is 34.2 Å². The van der Waals surface area contributed by atoms with E-state index < -0.39 is 0 Å². The number of aromatic nitrogens is 5. The van der Waals surface area contributed by atoms with Crippen molar-refractivity contribution in [2.24, 2.45) is 0 Å². The summed E-state index contributed by atoms with van der Waals surface area (Å²) in [5.74, 6) is 1.36. The van der Waals surface area contributed by atoms with Crippen LogP contribution in [0.4, 0.5) is 5.82 Å². The van der Waals surface area contributed by atoms with Gasteiger partial charge < -0.3 is 9.80 Å². The molecule has 0 aliphatic carbocycles. The van der Waals surface area contributed by atoms with E-state index >= 15 is 0 Å². The molecule has 4 aromatic rings. The van der Waals surface area contributed by atoms with Crippen LogP contribution < -0.4 is 4.90 Å². The lowest BCUT2D eigenvalue weighted by molar-refractivity contribution is -0.127. The third kappa shape index (κ3) is 4.17. The average Bonchev–Trinajstić information content (AvgIpc) is 3.69. The summed E-state index contributed by atoms with van der Waals surface area (Å²) >= 11 is 7.04. The third-order valence-corrected chi connectivity index (χ3v) is 8.67. The number of nitrogens with zero attached hydrogens (tertiary/aromatic N) is 6. The maximum absolute atomic E-state index is 12.2. The van der Waals surface area contributed by atoms with Crippen molar-refractivity contribution in [3.8, 4) is 11.1 Å². The molecule has 0 saturated carbocycles. The Kier molecular flexibility index (Phi) is 6.43. The summed E-state index contributed by atoms with van der Waals surface area (Å²) < 4.78 is 2.18. The van der Waals surface area contributed by atoms with Crippen LogP contribution in [0.15, 0.2) is 49.4 Å². The molecule has 0 radical (unpaired) electrons. The number of likely N-dealkylation sites (tertiary alicyclic amines) is 1. The molecular formula is C29H32ClN7O. The molecule has 3 aromatic heterocycles. The Hall–Kier alpha value is -3.65. The van der Waals surface area contributed by atoms with Gasteiger partial charge in [0.2, 0.25) is 5.91 Å². The average molecular weight is 530 g/mol. The van der Waals surface area contributed by atoms with Crippen LogP contribution in [0.25, 0.3) is 22.0 Å². The first-order valence-electron chi connectivity index (χ1n) is 13.2. The number of fused-ring (bicyclic) bond motifs is 1. The second kappa shape index (κ2) is 9.91. The molecule has 1 aromatic carbocycles. The van der Waals surface area contributed by atoms with Gasteiger partial charge in [-0.2, -0.15) is 10.2 Å². The van der Waals surface area contributed by atoms with Gasteiger partial charge in [0.15, 0.2) is 5.82 Å². The molecule has 2 aliphatic heterocycles. The second-order valence-electron chi connectivity index (χ2n) is 10.4. The van der Waals surface area contributed by atoms with Crippen molar-refractivity contribution in [2.75, 3.05) is 31.1 Å². The first-order chi connectivity index (χ1) is 18.5. The molecule has 0 spiro atoms. The normalized spacial score (nSPS) is 18.4. The number of nitrogens with one attached hydrogen (secondary N) is 1. The standard InChI is InChI=1S/C29H32ClN7O/c1-4-25(38)35-12-8-22(9-13-35)37-19(3)26(27-23-16-32-33-24(23)14-18(2)28(27)30)29(34-37)36-11-7-21(17-36)20-6-5-10-31-15-20/h4-6,10,14-16,21-22H,1,7-9,11-13,17H2,2-3H3,(H,32,33). The van der Waals surface area contributed by atoms with Crippen LogP contribution >= 0.6 is 11.6 Å². The number of piperidine rings is 1. The molecule has 6 rings (SSSR count). The van der Waals surface area contributed by atoms with Crippen LogP contribution in [0, 0.1) is 13.8 Å². The summed E-state index contributed by atoms with van der Waals surface area (Å²) in [6.07, 6.45) is 9.80. The van der Waals surface area contributed by atoms with Crippen molar-refractivity contribution in [3.05, 3.63) is 71.3 Å². The highest BCUT2D eigenvalue weighted by Gasteiger charge is 2.33. The van der Waals surface area contributed by atoms with E-state index in [-0.39, 0.29) is 11.9 Å². The van der Waals surface area contributed by atoms with Crippen LogP contribution in [-0.2, 0) is 4.79 Å². The molecule has 38 heavy (non-hydrogen) atoms. The topological polar surface area (TPSA) is 82.9 Å². The van der Waals surface area contributed by atoms with Crippen LogP contribution in [0.2, 0.25) is 5.02 Å². The van der Waals surface area contributed by atoms with Crippen molar-refractivity contribution in [1.82, 2.24) is 29.9 Å². The van der Waals surface area contributed by atoms with E-state index in [9.17, 15) is 4.79 Å². The Labute approximate surface area is 227 Å². The Morgan fingerprint density at radius 3 is 2.71 bits per heavy atom. The molecule has 9 heteroatoms. The largest absolute Gasteiger partial charge is 0.354 e. The molecule has 2 saturated heterocycles. The monoisotopic (exact) mass is 529 g/mol. The lowest BCUT2D eigenvalue weighted by Crippen LogP contribution is -2.38. The number of carbonyl (C=O) groups excluding carboxylic acids is 1. The SMILES string of the molecule is C=CC(=O)N1CCC(n2nc(N3CCC(c4cccnc4)C3)c(-c3c(Cl)c(C)cc4[nH]ncc34)c2C)CC1. The number of rotatable bonds is 5.